The van der Waals surface area contributed by atoms with Crippen LogP contribution in [0.5, 0.6) is 11.5 Å². The molecule has 0 bridgehead atoms. The van der Waals surface area contributed by atoms with Crippen LogP contribution in [0.3, 0.4) is 0 Å². The molecule has 0 aliphatic carbocycles. The second-order valence-electron chi connectivity index (χ2n) is 34.2. The normalized spacial score (nSPS) is 16.2. The topological polar surface area (TPSA) is 497 Å². The molecular formula is C96H124N16O18S. The molecule has 9 rings (SSSR count). The van der Waals surface area contributed by atoms with E-state index < -0.39 is 180 Å². The number of aliphatic hydroxyl groups is 1. The summed E-state index contributed by atoms with van der Waals surface area (Å²) in [7, 11) is 4.35. The number of aromatic amines is 1. The summed E-state index contributed by atoms with van der Waals surface area (Å²) in [5.74, 6) is -12.1. The van der Waals surface area contributed by atoms with E-state index in [1.165, 1.54) is 82.0 Å². The highest BCUT2D eigenvalue weighted by atomic mass is 32.2. The van der Waals surface area contributed by atoms with Crippen LogP contribution >= 0.6 is 11.8 Å². The number of H-pyrrole nitrogens is 1. The number of phenolic OH excluding ortho intramolecular Hbond substituents is 2. The minimum atomic E-state index is -1.57. The van der Waals surface area contributed by atoms with Crippen LogP contribution in [0.2, 0.25) is 0 Å². The number of nitrogens with two attached hydrogens (primary N) is 2. The lowest BCUT2D eigenvalue weighted by Gasteiger charge is -2.38. The van der Waals surface area contributed by atoms with Crippen molar-refractivity contribution in [3.05, 3.63) is 203 Å². The van der Waals surface area contributed by atoms with E-state index in [-0.39, 0.29) is 106 Å². The van der Waals surface area contributed by atoms with Gasteiger partial charge < -0.3 is 104 Å². The van der Waals surface area contributed by atoms with Gasteiger partial charge in [-0.1, -0.05) is 181 Å². The molecule has 0 saturated carbocycles. The number of amides is 14. The lowest BCUT2D eigenvalue weighted by Crippen LogP contribution is -2.61. The van der Waals surface area contributed by atoms with Gasteiger partial charge in [0.25, 0.3) is 0 Å². The molecule has 2 saturated heterocycles. The summed E-state index contributed by atoms with van der Waals surface area (Å²) in [6.45, 7) is 7.86. The molecule has 0 spiro atoms. The number of thioether (sulfide) groups is 1. The maximum absolute atomic E-state index is 15.5. The molecule has 7 aromatic rings. The number of hydrogen-bond donors (Lipinski definition) is 14. The Morgan fingerprint density at radius 2 is 0.969 bits per heavy atom. The number of likely N-dealkylation sites (tertiary alicyclic amines) is 2. The van der Waals surface area contributed by atoms with Gasteiger partial charge in [-0.15, -0.1) is 11.8 Å². The lowest BCUT2D eigenvalue weighted by atomic mass is 9.99. The lowest BCUT2D eigenvalue weighted by molar-refractivity contribution is -0.152. The predicted molar refractivity (Wildman–Crippen MR) is 493 cm³/mol. The second kappa shape index (κ2) is 49.7. The summed E-state index contributed by atoms with van der Waals surface area (Å²) in [6, 6.07) is 28.7. The fourth-order valence-electron chi connectivity index (χ4n) is 16.2. The van der Waals surface area contributed by atoms with Gasteiger partial charge in [0, 0.05) is 95.6 Å². The van der Waals surface area contributed by atoms with Crippen molar-refractivity contribution in [2.45, 2.75) is 203 Å². The van der Waals surface area contributed by atoms with Crippen LogP contribution in [0, 0.1) is 11.8 Å². The standard InChI is InChI=1S/C96H124N16O18S/c1-9-10-32-79(95(129)112-44-23-33-77(112)89(123)101-66(54-113)55-114)108(6)94(128)81(50-62-28-18-13-19-29-62)110(8)92(126)74(47-60-24-14-11-15-25-60)102-83(118)57-131-56-76(85(119)100-53-82(97)117)107-86(120)71(45-58(2)3)103-87(121)72(46-63-35-39-67(115)40-36-63)104-88(122)73(51-65-52-99-70-31-21-20-30-69(65)70)105-90(124)78-34-22-43-111(78)93(127)75(48-64-37-41-68(116)42-38-64)106-91(125)80(49-61-26-16-12-17-27-61)109(7)96(130)84(98)59(4)5/h11-21,24-31,35-42,52,54,58-59,66,71-81,84,99,114-116H,9-10,22-23,32-34,43-51,53,55-57,98H2,1-8H3,(H2,97,117)(H,100,119)(H,101,123)(H,102,118)(H,103,121)(H,104,122)(H,105,124)(H,106,125)(H,107,120)/t66-,71+,72+,73+,74+,75+,76+,77-,78-,79+,80?,81?,84+/m1/s1. The van der Waals surface area contributed by atoms with Crippen LogP contribution in [0.1, 0.15) is 119 Å². The van der Waals surface area contributed by atoms with E-state index in [4.69, 9.17) is 11.5 Å². The van der Waals surface area contributed by atoms with E-state index in [2.05, 4.69) is 47.5 Å². The highest BCUT2D eigenvalue weighted by Crippen LogP contribution is 2.28. The van der Waals surface area contributed by atoms with Crippen LogP contribution in [-0.4, -0.2) is 271 Å². The summed E-state index contributed by atoms with van der Waals surface area (Å²) >= 11 is 0.850. The Morgan fingerprint density at radius 1 is 0.504 bits per heavy atom. The minimum Gasteiger partial charge on any atom is -0.508 e. The Bertz CT molecular complexity index is 5070. The van der Waals surface area contributed by atoms with Gasteiger partial charge in [0.05, 0.1) is 24.9 Å². The van der Waals surface area contributed by atoms with Crippen molar-refractivity contribution in [1.29, 1.82) is 0 Å². The maximum Gasteiger partial charge on any atom is 0.246 e. The van der Waals surface area contributed by atoms with Crippen molar-refractivity contribution < 1.29 is 87.2 Å². The second-order valence-corrected chi connectivity index (χ2v) is 35.3. The minimum absolute atomic E-state index is 0.0333. The molecule has 3 heterocycles. The van der Waals surface area contributed by atoms with Crippen LogP contribution in [0.25, 0.3) is 10.9 Å². The predicted octanol–water partition coefficient (Wildman–Crippen LogP) is 2.94. The third-order valence-corrected chi connectivity index (χ3v) is 24.7. The number of aromatic nitrogens is 1. The molecule has 14 amide bonds. The van der Waals surface area contributed by atoms with Crippen LogP contribution < -0.4 is 54.0 Å². The molecule has 16 N–H and O–H groups in total. The van der Waals surface area contributed by atoms with Crippen molar-refractivity contribution in [1.82, 2.24) is 72.0 Å². The Balaban J connectivity index is 0.947. The SMILES string of the molecule is CCCC[C@@H](C(=O)N1CCC[C@@H]1C(=O)N[C@H](C=O)CO)N(C)C(=O)C(Cc1ccccc1)N(C)C(=O)[C@H](Cc1ccccc1)NC(=O)CSC[C@H](NC(=O)[C@H](CC(C)C)NC(=O)[C@H](Cc1ccc(O)cc1)NC(=O)[C@H](Cc1c[nH]c2ccccc12)NC(=O)[C@H]1CCCN1C(=O)[C@H](Cc1ccc(O)cc1)NC(=O)C(Cc1ccccc1)N(C)C(=O)[C@@H](N)C(C)C)C(=O)NCC(N)=O. The zero-order chi connectivity index (χ0) is 95.1. The number of hydrogen-bond acceptors (Lipinski definition) is 20. The van der Waals surface area contributed by atoms with Crippen molar-refractivity contribution in [2.75, 3.05) is 58.9 Å². The maximum atomic E-state index is 15.5. The summed E-state index contributed by atoms with van der Waals surface area (Å²) in [4.78, 5) is 227. The van der Waals surface area contributed by atoms with Gasteiger partial charge in [0.1, 0.15) is 90.3 Å². The number of carbonyl (C=O) groups excluding carboxylic acids is 15. The molecule has 1 aromatic heterocycles. The highest BCUT2D eigenvalue weighted by molar-refractivity contribution is 8.00. The van der Waals surface area contributed by atoms with Gasteiger partial charge in [-0.05, 0) is 114 Å². The number of carbonyl (C=O) groups is 15. The van der Waals surface area contributed by atoms with Gasteiger partial charge in [-0.3, -0.25) is 67.1 Å². The Labute approximate surface area is 767 Å². The molecular weight excluding hydrogens is 1700 g/mol. The number of primary amides is 1. The van der Waals surface area contributed by atoms with E-state index in [1.807, 2.05) is 19.1 Å². The van der Waals surface area contributed by atoms with E-state index >= 15 is 33.6 Å². The van der Waals surface area contributed by atoms with Crippen molar-refractivity contribution in [3.8, 4) is 11.5 Å². The van der Waals surface area contributed by atoms with Crippen molar-refractivity contribution >= 4 is 112 Å². The Hall–Kier alpha value is -13.0. The summed E-state index contributed by atoms with van der Waals surface area (Å²) < 4.78 is 0. The molecule has 2 fully saturated rings. The molecule has 13 atom stereocenters. The molecule has 2 aliphatic heterocycles. The van der Waals surface area contributed by atoms with Gasteiger partial charge in [0.2, 0.25) is 82.7 Å². The average molecular weight is 1820 g/mol. The number of aliphatic hydroxyl groups excluding tert-OH is 1. The summed E-state index contributed by atoms with van der Waals surface area (Å²) in [5.41, 5.74) is 16.0. The number of nitrogens with zero attached hydrogens (tertiary/aromatic N) is 5. The quantitative estimate of drug-likeness (QED) is 0.0244. The fraction of sp³-hybridized carbons (Fsp3) is 0.448. The molecule has 2 unspecified atom stereocenters. The first-order valence-corrected chi connectivity index (χ1v) is 45.5. The van der Waals surface area contributed by atoms with Gasteiger partial charge >= 0.3 is 0 Å². The molecule has 0 radical (unpaired) electrons. The van der Waals surface area contributed by atoms with E-state index in [0.29, 0.717) is 76.3 Å². The number of rotatable bonds is 48. The largest absolute Gasteiger partial charge is 0.508 e. The summed E-state index contributed by atoms with van der Waals surface area (Å²) in [6.07, 6.45) is 3.70. The third-order valence-electron chi connectivity index (χ3n) is 23.6. The molecule has 702 valence electrons. The van der Waals surface area contributed by atoms with Gasteiger partial charge in [0.15, 0.2) is 0 Å². The Morgan fingerprint density at radius 3 is 1.51 bits per heavy atom. The van der Waals surface area contributed by atoms with Crippen LogP contribution in [-0.2, 0) is 110 Å². The first-order valence-electron chi connectivity index (χ1n) is 44.4. The number of unbranched alkanes of at least 4 members (excludes halogenated alkanes) is 1. The van der Waals surface area contributed by atoms with Crippen molar-refractivity contribution in [3.63, 3.8) is 0 Å². The summed E-state index contributed by atoms with van der Waals surface area (Å²) in [5, 5.41) is 53.0. The van der Waals surface area contributed by atoms with E-state index in [0.717, 1.165) is 11.8 Å². The van der Waals surface area contributed by atoms with E-state index in [1.54, 1.807) is 149 Å². The molecule has 2 aliphatic rings. The van der Waals surface area contributed by atoms with Crippen molar-refractivity contribution in [2.24, 2.45) is 23.3 Å². The molecule has 131 heavy (non-hydrogen) atoms. The number of likely N-dealkylation sites (N-methyl/N-ethyl adjacent to an activating group) is 3. The number of benzene rings is 6. The smallest absolute Gasteiger partial charge is 0.246 e. The van der Waals surface area contributed by atoms with E-state index in [9.17, 15) is 53.7 Å². The number of fused-ring (bicyclic) bond motifs is 1. The first-order chi connectivity index (χ1) is 62.7. The molecule has 35 heteroatoms. The van der Waals surface area contributed by atoms with Gasteiger partial charge in [-0.25, -0.2) is 0 Å². The number of nitrogens with one attached hydrogen (secondary N) is 9. The number of para-hydroxylation sites is 1. The third kappa shape index (κ3) is 29.2. The molecule has 6 aromatic carbocycles. The first kappa shape index (κ1) is 102. The van der Waals surface area contributed by atoms with Crippen LogP contribution in [0.15, 0.2) is 170 Å². The zero-order valence-electron chi connectivity index (χ0n) is 75.3. The highest BCUT2D eigenvalue weighted by Gasteiger charge is 2.45. The Kier molecular flexibility index (Phi) is 38.6. The fourth-order valence-corrected chi connectivity index (χ4v) is 17.0. The number of aldehydes is 1. The van der Waals surface area contributed by atoms with Crippen LogP contribution in [0.4, 0.5) is 0 Å². The van der Waals surface area contributed by atoms with Gasteiger partial charge in [-0.2, -0.15) is 0 Å². The number of phenols is 2. The number of aromatic hydroxyl groups is 2. The average Bonchev–Trinajstić information content (AvgIpc) is 1.18. The zero-order valence-corrected chi connectivity index (χ0v) is 76.1. The molecule has 34 nitrogen and oxygen atoms in total. The monoisotopic (exact) mass is 1820 g/mol.